The van der Waals surface area contributed by atoms with E-state index in [0.717, 1.165) is 38.6 Å². The van der Waals surface area contributed by atoms with E-state index in [2.05, 4.69) is 15.2 Å². The van der Waals surface area contributed by atoms with E-state index in [0.29, 0.717) is 12.5 Å². The van der Waals surface area contributed by atoms with Gasteiger partial charge in [-0.25, -0.2) is 8.42 Å². The molecule has 0 aliphatic carbocycles. The number of methoxy groups -OCH3 is 1. The van der Waals surface area contributed by atoms with Gasteiger partial charge >= 0.3 is 0 Å². The molecule has 1 aliphatic heterocycles. The van der Waals surface area contributed by atoms with Crippen molar-refractivity contribution in [2.24, 2.45) is 10.9 Å². The third-order valence-corrected chi connectivity index (χ3v) is 5.11. The van der Waals surface area contributed by atoms with Gasteiger partial charge in [0.2, 0.25) is 0 Å². The second-order valence-corrected chi connectivity index (χ2v) is 7.50. The number of likely N-dealkylation sites (tertiary alicyclic amines) is 1. The number of hydrogen-bond acceptors (Lipinski definition) is 4. The van der Waals surface area contributed by atoms with E-state index in [-0.39, 0.29) is 11.5 Å². The molecule has 0 spiro atoms. The normalized spacial score (nSPS) is 20.4. The Bertz CT molecular complexity index is 409. The Balaban J connectivity index is 2.56. The first kappa shape index (κ1) is 17.2. The first-order valence-electron chi connectivity index (χ1n) is 7.25. The topological polar surface area (TPSA) is 71.0 Å². The van der Waals surface area contributed by atoms with E-state index in [4.69, 9.17) is 4.74 Å². The number of nitrogens with one attached hydrogen (secondary N) is 1. The zero-order valence-corrected chi connectivity index (χ0v) is 13.6. The summed E-state index contributed by atoms with van der Waals surface area (Å²) < 4.78 is 28.1. The molecule has 0 aromatic heterocycles. The summed E-state index contributed by atoms with van der Waals surface area (Å²) in [6.07, 6.45) is 1.09. The fraction of sp³-hybridized carbons (Fsp3) is 0.923. The molecule has 6 nitrogen and oxygen atoms in total. The van der Waals surface area contributed by atoms with Gasteiger partial charge in [0.05, 0.1) is 18.9 Å². The van der Waals surface area contributed by atoms with Crippen LogP contribution in [0, 0.1) is 5.92 Å². The van der Waals surface area contributed by atoms with Crippen LogP contribution in [0.25, 0.3) is 0 Å². The summed E-state index contributed by atoms with van der Waals surface area (Å²) >= 11 is 0. The van der Waals surface area contributed by atoms with Crippen LogP contribution in [0.15, 0.2) is 4.99 Å². The SMILES string of the molecule is CCNC(=NCCS(=O)(=O)CC)N1CCC(COC)C1. The van der Waals surface area contributed by atoms with Crippen LogP contribution in [-0.2, 0) is 14.6 Å². The van der Waals surface area contributed by atoms with Gasteiger partial charge in [0.15, 0.2) is 15.8 Å². The largest absolute Gasteiger partial charge is 0.384 e. The lowest BCUT2D eigenvalue weighted by Gasteiger charge is -2.21. The molecular weight excluding hydrogens is 278 g/mol. The third kappa shape index (κ3) is 5.66. The molecule has 1 fully saturated rings. The Morgan fingerprint density at radius 2 is 2.20 bits per heavy atom. The Labute approximate surface area is 122 Å². The Kier molecular flexibility index (Phi) is 7.29. The molecule has 1 N–H and O–H groups in total. The lowest BCUT2D eigenvalue weighted by molar-refractivity contribution is 0.157. The second kappa shape index (κ2) is 8.46. The molecule has 0 radical (unpaired) electrons. The van der Waals surface area contributed by atoms with Crippen LogP contribution in [0.4, 0.5) is 0 Å². The third-order valence-electron chi connectivity index (χ3n) is 3.43. The van der Waals surface area contributed by atoms with Gasteiger partial charge in [-0.15, -0.1) is 0 Å². The monoisotopic (exact) mass is 305 g/mol. The predicted molar refractivity (Wildman–Crippen MR) is 81.9 cm³/mol. The Morgan fingerprint density at radius 3 is 2.80 bits per heavy atom. The van der Waals surface area contributed by atoms with Crippen molar-refractivity contribution in [3.05, 3.63) is 0 Å². The zero-order valence-electron chi connectivity index (χ0n) is 12.8. The van der Waals surface area contributed by atoms with Crippen LogP contribution in [-0.4, -0.2) is 70.7 Å². The molecule has 118 valence electrons. The highest BCUT2D eigenvalue weighted by Crippen LogP contribution is 2.16. The lowest BCUT2D eigenvalue weighted by Crippen LogP contribution is -2.40. The molecule has 0 aromatic carbocycles. The highest BCUT2D eigenvalue weighted by Gasteiger charge is 2.24. The van der Waals surface area contributed by atoms with Crippen molar-refractivity contribution >= 4 is 15.8 Å². The smallest absolute Gasteiger partial charge is 0.193 e. The van der Waals surface area contributed by atoms with E-state index in [1.165, 1.54) is 0 Å². The van der Waals surface area contributed by atoms with E-state index in [1.807, 2.05) is 6.92 Å². The van der Waals surface area contributed by atoms with E-state index < -0.39 is 9.84 Å². The molecule has 20 heavy (non-hydrogen) atoms. The number of rotatable bonds is 7. The van der Waals surface area contributed by atoms with Gasteiger partial charge in [0.1, 0.15) is 0 Å². The Morgan fingerprint density at radius 1 is 1.45 bits per heavy atom. The molecule has 1 aliphatic rings. The summed E-state index contributed by atoms with van der Waals surface area (Å²) in [6.45, 7) is 7.41. The van der Waals surface area contributed by atoms with E-state index >= 15 is 0 Å². The average Bonchev–Trinajstić information content (AvgIpc) is 2.87. The molecule has 1 atom stereocenters. The summed E-state index contributed by atoms with van der Waals surface area (Å²) in [4.78, 5) is 6.62. The minimum Gasteiger partial charge on any atom is -0.384 e. The summed E-state index contributed by atoms with van der Waals surface area (Å²) in [5, 5.41) is 3.23. The van der Waals surface area contributed by atoms with Crippen molar-refractivity contribution < 1.29 is 13.2 Å². The van der Waals surface area contributed by atoms with Crippen LogP contribution < -0.4 is 5.32 Å². The molecule has 1 heterocycles. The number of guanidine groups is 1. The van der Waals surface area contributed by atoms with Gasteiger partial charge in [0, 0.05) is 38.4 Å². The van der Waals surface area contributed by atoms with Gasteiger partial charge in [-0.2, -0.15) is 0 Å². The van der Waals surface area contributed by atoms with Crippen molar-refractivity contribution in [1.82, 2.24) is 10.2 Å². The lowest BCUT2D eigenvalue weighted by atomic mass is 10.1. The minimum atomic E-state index is -2.95. The highest BCUT2D eigenvalue weighted by atomic mass is 32.2. The second-order valence-electron chi connectivity index (χ2n) is 5.03. The van der Waals surface area contributed by atoms with Crippen LogP contribution in [0.5, 0.6) is 0 Å². The standard InChI is InChI=1S/C13H27N3O3S/c1-4-14-13(15-7-9-20(17,18)5-2)16-8-6-12(10-16)11-19-3/h12H,4-11H2,1-3H3,(H,14,15). The van der Waals surface area contributed by atoms with E-state index in [9.17, 15) is 8.42 Å². The summed E-state index contributed by atoms with van der Waals surface area (Å²) in [6, 6.07) is 0. The number of aliphatic imine (C=N–C) groups is 1. The fourth-order valence-electron chi connectivity index (χ4n) is 2.26. The average molecular weight is 305 g/mol. The van der Waals surface area contributed by atoms with Crippen molar-refractivity contribution in [1.29, 1.82) is 0 Å². The van der Waals surface area contributed by atoms with Crippen LogP contribution in [0.3, 0.4) is 0 Å². The van der Waals surface area contributed by atoms with Gasteiger partial charge in [-0.3, -0.25) is 4.99 Å². The molecule has 1 rings (SSSR count). The molecule has 0 bridgehead atoms. The summed E-state index contributed by atoms with van der Waals surface area (Å²) in [5.41, 5.74) is 0. The minimum absolute atomic E-state index is 0.119. The Hall–Kier alpha value is -0.820. The first-order valence-corrected chi connectivity index (χ1v) is 9.07. The quantitative estimate of drug-likeness (QED) is 0.543. The van der Waals surface area contributed by atoms with Gasteiger partial charge in [0.25, 0.3) is 0 Å². The number of ether oxygens (including phenoxy) is 1. The fourth-order valence-corrected chi connectivity index (χ4v) is 2.92. The molecule has 0 aromatic rings. The number of hydrogen-bond donors (Lipinski definition) is 1. The number of nitrogens with zero attached hydrogens (tertiary/aromatic N) is 2. The summed E-state index contributed by atoms with van der Waals surface area (Å²) in [5.74, 6) is 1.65. The van der Waals surface area contributed by atoms with Crippen LogP contribution in [0.2, 0.25) is 0 Å². The maximum absolute atomic E-state index is 11.5. The number of sulfone groups is 1. The van der Waals surface area contributed by atoms with Crippen molar-refractivity contribution in [3.8, 4) is 0 Å². The van der Waals surface area contributed by atoms with Crippen LogP contribution in [0.1, 0.15) is 20.3 Å². The van der Waals surface area contributed by atoms with Gasteiger partial charge in [-0.1, -0.05) is 6.92 Å². The molecule has 0 amide bonds. The molecule has 1 saturated heterocycles. The van der Waals surface area contributed by atoms with Crippen molar-refractivity contribution in [2.75, 3.05) is 51.4 Å². The molecule has 0 saturated carbocycles. The maximum Gasteiger partial charge on any atom is 0.193 e. The summed E-state index contributed by atoms with van der Waals surface area (Å²) in [7, 11) is -1.23. The van der Waals surface area contributed by atoms with Gasteiger partial charge < -0.3 is 15.0 Å². The van der Waals surface area contributed by atoms with Crippen molar-refractivity contribution in [2.45, 2.75) is 20.3 Å². The van der Waals surface area contributed by atoms with Crippen LogP contribution >= 0.6 is 0 Å². The molecule has 7 heteroatoms. The molecular formula is C13H27N3O3S. The zero-order chi connectivity index (χ0) is 15.0. The van der Waals surface area contributed by atoms with Gasteiger partial charge in [-0.05, 0) is 13.3 Å². The first-order chi connectivity index (χ1) is 9.52. The maximum atomic E-state index is 11.5. The molecule has 1 unspecified atom stereocenters. The predicted octanol–water partition coefficient (Wildman–Crippen LogP) is 0.355. The van der Waals surface area contributed by atoms with E-state index in [1.54, 1.807) is 14.0 Å². The highest BCUT2D eigenvalue weighted by molar-refractivity contribution is 7.91. The van der Waals surface area contributed by atoms with Crippen molar-refractivity contribution in [3.63, 3.8) is 0 Å².